The number of ether oxygens (including phenoxy) is 1. The van der Waals surface area contributed by atoms with Crippen LogP contribution in [0.25, 0.3) is 0 Å². The van der Waals surface area contributed by atoms with Crippen molar-refractivity contribution in [3.05, 3.63) is 58.4 Å². The summed E-state index contributed by atoms with van der Waals surface area (Å²) in [7, 11) is 0. The highest BCUT2D eigenvalue weighted by Gasteiger charge is 2.18. The third kappa shape index (κ3) is 4.22. The molecule has 5 nitrogen and oxygen atoms in total. The largest absolute Gasteiger partial charge is 0.376 e. The van der Waals surface area contributed by atoms with Crippen LogP contribution in [0.4, 0.5) is 0 Å². The van der Waals surface area contributed by atoms with E-state index in [1.54, 1.807) is 6.21 Å². The predicted molar refractivity (Wildman–Crippen MR) is 104 cm³/mol. The number of nitrogens with zero attached hydrogens (tertiary/aromatic N) is 2. The predicted octanol–water partition coefficient (Wildman–Crippen LogP) is 3.61. The van der Waals surface area contributed by atoms with E-state index in [1.807, 2.05) is 24.3 Å². The molecule has 0 radical (unpaired) electrons. The number of nitrogens with one attached hydrogen (secondary N) is 1. The molecule has 1 N–H and O–H groups in total. The summed E-state index contributed by atoms with van der Waals surface area (Å²) in [5, 5.41) is 4.14. The van der Waals surface area contributed by atoms with Gasteiger partial charge >= 0.3 is 0 Å². The number of aromatic nitrogens is 1. The maximum absolute atomic E-state index is 12.2. The van der Waals surface area contributed by atoms with Crippen LogP contribution >= 0.6 is 0 Å². The first kappa shape index (κ1) is 18.4. The van der Waals surface area contributed by atoms with Crippen LogP contribution < -0.4 is 5.43 Å². The van der Waals surface area contributed by atoms with Gasteiger partial charge in [0.05, 0.1) is 12.3 Å². The molecule has 0 aliphatic carbocycles. The summed E-state index contributed by atoms with van der Waals surface area (Å²) in [5.41, 5.74) is 7.78. The summed E-state index contributed by atoms with van der Waals surface area (Å²) in [6.45, 7) is 8.00. The molecule has 1 saturated heterocycles. The molecule has 1 atom stereocenters. The number of carbonyl (C=O) groups is 1. The van der Waals surface area contributed by atoms with Crippen LogP contribution in [0, 0.1) is 13.8 Å². The number of carbonyl (C=O) groups excluding carboxylic acids is 1. The molecule has 2 aromatic rings. The van der Waals surface area contributed by atoms with E-state index in [2.05, 4.69) is 41.9 Å². The molecule has 138 valence electrons. The molecule has 1 aliphatic heterocycles. The maximum atomic E-state index is 12.2. The minimum Gasteiger partial charge on any atom is -0.376 e. The number of amides is 1. The maximum Gasteiger partial charge on any atom is 0.271 e. The van der Waals surface area contributed by atoms with Crippen LogP contribution in [-0.4, -0.2) is 29.4 Å². The number of benzene rings is 1. The first-order valence-electron chi connectivity index (χ1n) is 9.29. The van der Waals surface area contributed by atoms with Gasteiger partial charge in [0.25, 0.3) is 5.91 Å². The summed E-state index contributed by atoms with van der Waals surface area (Å²) in [5.74, 6) is -0.197. The smallest absolute Gasteiger partial charge is 0.271 e. The third-order valence-corrected chi connectivity index (χ3v) is 5.02. The van der Waals surface area contributed by atoms with Crippen LogP contribution in [0.2, 0.25) is 0 Å². The molecule has 0 unspecified atom stereocenters. The van der Waals surface area contributed by atoms with Gasteiger partial charge in [0, 0.05) is 35.7 Å². The van der Waals surface area contributed by atoms with Crippen LogP contribution in [-0.2, 0) is 17.7 Å². The van der Waals surface area contributed by atoms with E-state index in [0.29, 0.717) is 11.7 Å². The van der Waals surface area contributed by atoms with E-state index in [1.165, 1.54) is 11.3 Å². The van der Waals surface area contributed by atoms with Crippen LogP contribution in [0.1, 0.15) is 52.6 Å². The van der Waals surface area contributed by atoms with Crippen molar-refractivity contribution < 1.29 is 9.53 Å². The van der Waals surface area contributed by atoms with Crippen molar-refractivity contribution >= 4 is 12.1 Å². The summed E-state index contributed by atoms with van der Waals surface area (Å²) in [6.07, 6.45) is 5.24. The zero-order valence-electron chi connectivity index (χ0n) is 15.8. The number of hydrogen-bond acceptors (Lipinski definition) is 3. The molecule has 1 aliphatic rings. The summed E-state index contributed by atoms with van der Waals surface area (Å²) in [4.78, 5) is 12.2. The second kappa shape index (κ2) is 8.32. The normalized spacial score (nSPS) is 17.1. The second-order valence-electron chi connectivity index (χ2n) is 6.82. The fourth-order valence-corrected chi connectivity index (χ4v) is 3.35. The zero-order chi connectivity index (χ0) is 18.5. The first-order valence-corrected chi connectivity index (χ1v) is 9.29. The van der Waals surface area contributed by atoms with Crippen molar-refractivity contribution in [2.45, 2.75) is 52.7 Å². The van der Waals surface area contributed by atoms with Gasteiger partial charge in [-0.15, -0.1) is 0 Å². The Kier molecular flexibility index (Phi) is 5.89. The Morgan fingerprint density at radius 2 is 2.12 bits per heavy atom. The first-order chi connectivity index (χ1) is 12.6. The van der Waals surface area contributed by atoms with Crippen molar-refractivity contribution in [2.75, 3.05) is 6.61 Å². The highest BCUT2D eigenvalue weighted by Crippen LogP contribution is 2.19. The summed E-state index contributed by atoms with van der Waals surface area (Å²) in [6, 6.07) is 9.69. The zero-order valence-corrected chi connectivity index (χ0v) is 15.8. The molecule has 0 saturated carbocycles. The number of aryl methyl sites for hydroxylation is 2. The topological polar surface area (TPSA) is 55.6 Å². The lowest BCUT2D eigenvalue weighted by Gasteiger charge is -2.14. The highest BCUT2D eigenvalue weighted by molar-refractivity contribution is 5.95. The van der Waals surface area contributed by atoms with Gasteiger partial charge < -0.3 is 9.30 Å². The molecule has 2 heterocycles. The lowest BCUT2D eigenvalue weighted by Crippen LogP contribution is -2.18. The Balaban J connectivity index is 1.63. The Labute approximate surface area is 155 Å². The fraction of sp³-hybridized carbons (Fsp3) is 0.429. The second-order valence-corrected chi connectivity index (χ2v) is 6.82. The monoisotopic (exact) mass is 353 g/mol. The quantitative estimate of drug-likeness (QED) is 0.637. The van der Waals surface area contributed by atoms with Gasteiger partial charge in [0.2, 0.25) is 0 Å². The molecule has 1 aromatic heterocycles. The lowest BCUT2D eigenvalue weighted by molar-refractivity contribution is 0.0954. The number of hydrazone groups is 1. The van der Waals surface area contributed by atoms with Gasteiger partial charge in [-0.3, -0.25) is 4.79 Å². The Bertz CT molecular complexity index is 784. The van der Waals surface area contributed by atoms with Gasteiger partial charge in [0.1, 0.15) is 0 Å². The third-order valence-electron chi connectivity index (χ3n) is 5.02. The SMILES string of the molecule is CCc1ccc(C(=O)N/N=C\c2cc(C)n(C[C@@H]3CCCO3)c2C)cc1. The van der Waals surface area contributed by atoms with Gasteiger partial charge in [-0.05, 0) is 56.9 Å². The highest BCUT2D eigenvalue weighted by atomic mass is 16.5. The Morgan fingerprint density at radius 3 is 2.77 bits per heavy atom. The number of hydrogen-bond donors (Lipinski definition) is 1. The molecular weight excluding hydrogens is 326 g/mol. The average molecular weight is 353 g/mol. The molecular formula is C21H27N3O2. The molecule has 1 fully saturated rings. The van der Waals surface area contributed by atoms with E-state index in [-0.39, 0.29) is 5.91 Å². The average Bonchev–Trinajstić information content (AvgIpc) is 3.26. The van der Waals surface area contributed by atoms with Crippen LogP contribution in [0.3, 0.4) is 0 Å². The summed E-state index contributed by atoms with van der Waals surface area (Å²) >= 11 is 0. The Morgan fingerprint density at radius 1 is 1.35 bits per heavy atom. The van der Waals surface area contributed by atoms with Crippen molar-refractivity contribution in [3.8, 4) is 0 Å². The van der Waals surface area contributed by atoms with E-state index in [9.17, 15) is 4.79 Å². The van der Waals surface area contributed by atoms with Gasteiger partial charge in [-0.1, -0.05) is 19.1 Å². The minimum absolute atomic E-state index is 0.197. The summed E-state index contributed by atoms with van der Waals surface area (Å²) < 4.78 is 8.01. The van der Waals surface area contributed by atoms with Crippen molar-refractivity contribution in [2.24, 2.45) is 5.10 Å². The van der Waals surface area contributed by atoms with Gasteiger partial charge in [0.15, 0.2) is 0 Å². The molecule has 5 heteroatoms. The molecule has 1 amide bonds. The van der Waals surface area contributed by atoms with Gasteiger partial charge in [-0.25, -0.2) is 5.43 Å². The van der Waals surface area contributed by atoms with E-state index in [0.717, 1.165) is 43.7 Å². The van der Waals surface area contributed by atoms with E-state index in [4.69, 9.17) is 4.74 Å². The lowest BCUT2D eigenvalue weighted by atomic mass is 10.1. The van der Waals surface area contributed by atoms with Crippen LogP contribution in [0.15, 0.2) is 35.4 Å². The number of rotatable bonds is 6. The molecule has 0 spiro atoms. The minimum atomic E-state index is -0.197. The van der Waals surface area contributed by atoms with Crippen molar-refractivity contribution in [1.82, 2.24) is 9.99 Å². The Hall–Kier alpha value is -2.40. The van der Waals surface area contributed by atoms with Gasteiger partial charge in [-0.2, -0.15) is 5.10 Å². The molecule has 3 rings (SSSR count). The standard InChI is InChI=1S/C21H27N3O2/c1-4-17-7-9-18(10-8-17)21(25)23-22-13-19-12-15(2)24(16(19)3)14-20-6-5-11-26-20/h7-10,12-13,20H,4-6,11,14H2,1-3H3,(H,23,25)/b22-13-/t20-/m0/s1. The van der Waals surface area contributed by atoms with E-state index < -0.39 is 0 Å². The van der Waals surface area contributed by atoms with Crippen LogP contribution in [0.5, 0.6) is 0 Å². The fourth-order valence-electron chi connectivity index (χ4n) is 3.35. The molecule has 0 bridgehead atoms. The van der Waals surface area contributed by atoms with Crippen molar-refractivity contribution in [3.63, 3.8) is 0 Å². The molecule has 26 heavy (non-hydrogen) atoms. The molecule has 1 aromatic carbocycles. The van der Waals surface area contributed by atoms with Crippen molar-refractivity contribution in [1.29, 1.82) is 0 Å². The van der Waals surface area contributed by atoms with E-state index >= 15 is 0 Å².